The van der Waals surface area contributed by atoms with E-state index in [9.17, 15) is 4.79 Å². The maximum atomic E-state index is 12.7. The van der Waals surface area contributed by atoms with Crippen molar-refractivity contribution in [3.8, 4) is 0 Å². The van der Waals surface area contributed by atoms with Crippen molar-refractivity contribution in [1.29, 1.82) is 0 Å². The number of esters is 1. The van der Waals surface area contributed by atoms with Crippen LogP contribution in [-0.2, 0) is 55.3 Å². The van der Waals surface area contributed by atoms with Crippen LogP contribution in [0.25, 0.3) is 21.8 Å². The van der Waals surface area contributed by atoms with Crippen LogP contribution in [0.1, 0.15) is 57.7 Å². The van der Waals surface area contributed by atoms with Crippen LogP contribution >= 0.6 is 0 Å². The molecule has 0 saturated heterocycles. The third-order valence-corrected chi connectivity index (χ3v) is 6.81. The molecule has 0 bridgehead atoms. The number of carbonyl (C=O) groups is 1. The van der Waals surface area contributed by atoms with Gasteiger partial charge in [0.2, 0.25) is 0 Å². The Hall–Kier alpha value is -3.28. The summed E-state index contributed by atoms with van der Waals surface area (Å²) in [6.45, 7) is 18.1. The molecule has 0 saturated carbocycles. The van der Waals surface area contributed by atoms with Gasteiger partial charge in [0.1, 0.15) is 6.61 Å². The Morgan fingerprint density at radius 1 is 0.841 bits per heavy atom. The Morgan fingerprint density at radius 2 is 1.43 bits per heavy atom. The van der Waals surface area contributed by atoms with Crippen LogP contribution < -0.4 is 10.2 Å². The molecule has 1 radical (unpaired) electrons. The minimum atomic E-state index is -0.243. The Balaban J connectivity index is 0.00000130. The molecule has 0 amide bonds. The number of hydrogen-bond donors (Lipinski definition) is 1. The maximum Gasteiger partial charge on any atom is 0.310 e. The average molecular weight is 666 g/mol. The largest absolute Gasteiger partial charge is 0.461 e. The van der Waals surface area contributed by atoms with Gasteiger partial charge in [0.05, 0.1) is 23.1 Å². The molecule has 44 heavy (non-hydrogen) atoms. The molecule has 0 aliphatic heterocycles. The van der Waals surface area contributed by atoms with Crippen molar-refractivity contribution in [2.24, 2.45) is 0 Å². The molecular formula is C38H46N3O2Y-. The Bertz CT molecular complexity index is 1550. The molecule has 0 atom stereocenters. The van der Waals surface area contributed by atoms with E-state index in [2.05, 4.69) is 67.4 Å². The third kappa shape index (κ3) is 9.87. The van der Waals surface area contributed by atoms with E-state index in [1.54, 1.807) is 0 Å². The van der Waals surface area contributed by atoms with Gasteiger partial charge in [0, 0.05) is 61.4 Å². The summed E-state index contributed by atoms with van der Waals surface area (Å²) in [4.78, 5) is 19.7. The quantitative estimate of drug-likeness (QED) is 0.0915. The normalized spacial score (nSPS) is 10.1. The molecule has 1 N–H and O–H groups in total. The fourth-order valence-electron chi connectivity index (χ4n) is 4.98. The molecule has 5 nitrogen and oxygen atoms in total. The Kier molecular flexibility index (Phi) is 16.1. The van der Waals surface area contributed by atoms with Gasteiger partial charge in [0.25, 0.3) is 0 Å². The zero-order chi connectivity index (χ0) is 31.2. The van der Waals surface area contributed by atoms with E-state index in [0.717, 1.165) is 75.1 Å². The summed E-state index contributed by atoms with van der Waals surface area (Å²) >= 11 is 0. The van der Waals surface area contributed by atoms with E-state index >= 15 is 0 Å². The Morgan fingerprint density at radius 3 is 2.00 bits per heavy atom. The van der Waals surface area contributed by atoms with Gasteiger partial charge in [-0.1, -0.05) is 89.2 Å². The number of benzene rings is 4. The van der Waals surface area contributed by atoms with Gasteiger partial charge in [0.15, 0.2) is 0 Å². The SMILES string of the molecule is CC.CC.[CH2-]CN(CCC)c1ccc(CC(=O)OCc2cc(C)cc(Nc3c4ccccc4nc4ccccc34)c2)cc1.[Y]. The standard InChI is InChI=1S/C34H34N3O2.2C2H6.Y/c1-4-18-37(5-2)28-16-14-25(15-17-28)22-33(38)39-23-26-19-24(3)20-27(21-26)35-34-29-10-6-8-12-31(29)36-32-13-9-7-11-30(32)34;2*1-2;/h6-17,19-21H,2,4-5,18,22-23H2,1,3H3,(H,35,36);2*1-2H3;/q-1;;;. The van der Waals surface area contributed by atoms with Crippen molar-refractivity contribution < 1.29 is 42.2 Å². The van der Waals surface area contributed by atoms with Crippen molar-refractivity contribution in [2.75, 3.05) is 23.3 Å². The van der Waals surface area contributed by atoms with Gasteiger partial charge in [-0.2, -0.15) is 0 Å². The second-order valence-electron chi connectivity index (χ2n) is 9.84. The van der Waals surface area contributed by atoms with Crippen LogP contribution in [0.15, 0.2) is 91.0 Å². The number of nitrogens with one attached hydrogen (secondary N) is 1. The van der Waals surface area contributed by atoms with Crippen molar-refractivity contribution in [3.63, 3.8) is 0 Å². The summed E-state index contributed by atoms with van der Waals surface area (Å²) in [7, 11) is 0. The number of aryl methyl sites for hydroxylation is 1. The topological polar surface area (TPSA) is 54.5 Å². The monoisotopic (exact) mass is 665 g/mol. The van der Waals surface area contributed by atoms with Crippen molar-refractivity contribution in [2.45, 2.75) is 61.0 Å². The first-order chi connectivity index (χ1) is 21.0. The zero-order valence-electron chi connectivity index (χ0n) is 27.2. The predicted molar refractivity (Wildman–Crippen MR) is 184 cm³/mol. The van der Waals surface area contributed by atoms with E-state index in [1.807, 2.05) is 82.3 Å². The molecule has 1 heterocycles. The molecule has 0 aliphatic carbocycles. The molecule has 4 aromatic carbocycles. The van der Waals surface area contributed by atoms with Crippen LogP contribution in [0, 0.1) is 13.8 Å². The number of pyridine rings is 1. The summed E-state index contributed by atoms with van der Waals surface area (Å²) in [5.41, 5.74) is 7.94. The molecule has 0 aliphatic rings. The number of anilines is 3. The van der Waals surface area contributed by atoms with E-state index in [4.69, 9.17) is 9.72 Å². The summed E-state index contributed by atoms with van der Waals surface area (Å²) in [5, 5.41) is 5.76. The van der Waals surface area contributed by atoms with Gasteiger partial charge in [-0.25, -0.2) is 4.98 Å². The Labute approximate surface area is 289 Å². The first-order valence-electron chi connectivity index (χ1n) is 15.5. The number of nitrogens with zero attached hydrogens (tertiary/aromatic N) is 2. The van der Waals surface area contributed by atoms with E-state index < -0.39 is 0 Å². The van der Waals surface area contributed by atoms with Gasteiger partial charge < -0.3 is 21.9 Å². The molecule has 0 unspecified atom stereocenters. The average Bonchev–Trinajstić information content (AvgIpc) is 3.05. The minimum Gasteiger partial charge on any atom is -0.461 e. The molecule has 0 fully saturated rings. The maximum absolute atomic E-state index is 12.7. The summed E-state index contributed by atoms with van der Waals surface area (Å²) in [6, 6.07) is 30.6. The van der Waals surface area contributed by atoms with Crippen LogP contribution in [0.3, 0.4) is 0 Å². The number of carbonyl (C=O) groups excluding carboxylic acids is 1. The van der Waals surface area contributed by atoms with Gasteiger partial charge in [-0.15, -0.1) is 6.54 Å². The number of rotatable bonds is 10. The molecule has 229 valence electrons. The molecule has 5 aromatic rings. The second-order valence-corrected chi connectivity index (χ2v) is 9.84. The fourth-order valence-corrected chi connectivity index (χ4v) is 4.98. The predicted octanol–water partition coefficient (Wildman–Crippen LogP) is 9.83. The van der Waals surface area contributed by atoms with Crippen molar-refractivity contribution in [1.82, 2.24) is 4.98 Å². The van der Waals surface area contributed by atoms with Crippen LogP contribution in [-0.4, -0.2) is 24.0 Å². The first kappa shape index (κ1) is 36.9. The number of fused-ring (bicyclic) bond motifs is 2. The molecular weight excluding hydrogens is 619 g/mol. The number of hydrogen-bond acceptors (Lipinski definition) is 5. The first-order valence-corrected chi connectivity index (χ1v) is 15.5. The van der Waals surface area contributed by atoms with E-state index in [1.165, 1.54) is 0 Å². The van der Waals surface area contributed by atoms with Crippen LogP contribution in [0.5, 0.6) is 0 Å². The molecule has 5 rings (SSSR count). The van der Waals surface area contributed by atoms with Crippen LogP contribution in [0.2, 0.25) is 0 Å². The van der Waals surface area contributed by atoms with Gasteiger partial charge >= 0.3 is 5.97 Å². The third-order valence-electron chi connectivity index (χ3n) is 6.81. The number of aromatic nitrogens is 1. The summed E-state index contributed by atoms with van der Waals surface area (Å²) in [5.74, 6) is -0.243. The van der Waals surface area contributed by atoms with Gasteiger partial charge in [-0.05, 0) is 66.4 Å². The smallest absolute Gasteiger partial charge is 0.310 e. The number of ether oxygens (including phenoxy) is 1. The molecule has 1 aromatic heterocycles. The number of para-hydroxylation sites is 2. The fraction of sp³-hybridized carbons (Fsp3) is 0.289. The zero-order valence-corrected chi connectivity index (χ0v) is 30.0. The molecule has 6 heteroatoms. The summed E-state index contributed by atoms with van der Waals surface area (Å²) in [6.07, 6.45) is 1.31. The van der Waals surface area contributed by atoms with Gasteiger partial charge in [-0.3, -0.25) is 4.79 Å². The van der Waals surface area contributed by atoms with Crippen molar-refractivity contribution in [3.05, 3.63) is 115 Å². The summed E-state index contributed by atoms with van der Waals surface area (Å²) < 4.78 is 5.67. The second kappa shape index (κ2) is 19.2. The van der Waals surface area contributed by atoms with Crippen molar-refractivity contribution >= 4 is 44.8 Å². The van der Waals surface area contributed by atoms with E-state index in [-0.39, 0.29) is 51.7 Å². The van der Waals surface area contributed by atoms with E-state index in [0.29, 0.717) is 0 Å². The molecule has 0 spiro atoms. The van der Waals surface area contributed by atoms with Crippen LogP contribution in [0.4, 0.5) is 17.1 Å². The minimum absolute atomic E-state index is 0.